The van der Waals surface area contributed by atoms with Crippen molar-refractivity contribution in [3.8, 4) is 5.75 Å². The number of halogens is 1. The maximum Gasteiger partial charge on any atom is 0.330 e. The first-order valence-electron chi connectivity index (χ1n) is 6.84. The monoisotopic (exact) mass is 388 g/mol. The van der Waals surface area contributed by atoms with Crippen LogP contribution in [0.25, 0.3) is 0 Å². The largest absolute Gasteiger partial charge is 0.494 e. The van der Waals surface area contributed by atoms with Gasteiger partial charge >= 0.3 is 5.97 Å². The van der Waals surface area contributed by atoms with Gasteiger partial charge in [0.05, 0.1) is 13.2 Å². The lowest BCUT2D eigenvalue weighted by molar-refractivity contribution is -0.137. The van der Waals surface area contributed by atoms with Crippen molar-refractivity contribution >= 4 is 28.6 Å². The van der Waals surface area contributed by atoms with Gasteiger partial charge in [0.2, 0.25) is 0 Å². The summed E-state index contributed by atoms with van der Waals surface area (Å²) in [5, 5.41) is 0. The van der Waals surface area contributed by atoms with Gasteiger partial charge in [0.25, 0.3) is 0 Å². The fourth-order valence-electron chi connectivity index (χ4n) is 1.68. The van der Waals surface area contributed by atoms with Gasteiger partial charge in [-0.05, 0) is 80.0 Å². The smallest absolute Gasteiger partial charge is 0.330 e. The molecule has 0 bridgehead atoms. The molecule has 0 aliphatic carbocycles. The van der Waals surface area contributed by atoms with Crippen LogP contribution in [0, 0.1) is 3.57 Å². The van der Waals surface area contributed by atoms with Crippen molar-refractivity contribution in [2.24, 2.45) is 0 Å². The van der Waals surface area contributed by atoms with Gasteiger partial charge in [-0.1, -0.05) is 5.57 Å². The van der Waals surface area contributed by atoms with Gasteiger partial charge in [-0.15, -0.1) is 0 Å². The van der Waals surface area contributed by atoms with Gasteiger partial charge in [-0.25, -0.2) is 4.79 Å². The molecule has 0 aliphatic heterocycles. The van der Waals surface area contributed by atoms with Gasteiger partial charge in [-0.2, -0.15) is 0 Å². The third-order valence-electron chi connectivity index (χ3n) is 2.70. The van der Waals surface area contributed by atoms with Crippen molar-refractivity contribution in [3.63, 3.8) is 0 Å². The molecule has 20 heavy (non-hydrogen) atoms. The van der Waals surface area contributed by atoms with E-state index in [1.807, 2.05) is 38.1 Å². The Kier molecular flexibility index (Phi) is 8.34. The second kappa shape index (κ2) is 9.80. The van der Waals surface area contributed by atoms with Crippen molar-refractivity contribution in [3.05, 3.63) is 39.5 Å². The zero-order valence-electron chi connectivity index (χ0n) is 12.0. The third kappa shape index (κ3) is 7.53. The Balaban J connectivity index is 2.15. The molecule has 0 fully saturated rings. The predicted octanol–water partition coefficient (Wildman–Crippen LogP) is 4.35. The van der Waals surface area contributed by atoms with Crippen LogP contribution in [0.15, 0.2) is 35.9 Å². The van der Waals surface area contributed by atoms with Crippen LogP contribution >= 0.6 is 22.6 Å². The average Bonchev–Trinajstić information content (AvgIpc) is 2.40. The Bertz CT molecular complexity index is 438. The van der Waals surface area contributed by atoms with E-state index in [0.29, 0.717) is 13.2 Å². The van der Waals surface area contributed by atoms with E-state index in [2.05, 4.69) is 22.6 Å². The minimum absolute atomic E-state index is 0.250. The zero-order valence-corrected chi connectivity index (χ0v) is 14.2. The predicted molar refractivity (Wildman–Crippen MR) is 88.9 cm³/mol. The maximum atomic E-state index is 11.2. The van der Waals surface area contributed by atoms with Crippen molar-refractivity contribution in [2.45, 2.75) is 33.1 Å². The lowest BCUT2D eigenvalue weighted by atomic mass is 10.1. The molecule has 0 atom stereocenters. The molecule has 0 radical (unpaired) electrons. The lowest BCUT2D eigenvalue weighted by Gasteiger charge is -2.06. The van der Waals surface area contributed by atoms with E-state index < -0.39 is 0 Å². The van der Waals surface area contributed by atoms with Crippen molar-refractivity contribution in [1.29, 1.82) is 0 Å². The fraction of sp³-hybridized carbons (Fsp3) is 0.438. The van der Waals surface area contributed by atoms with Crippen LogP contribution in [0.2, 0.25) is 0 Å². The Labute approximate surface area is 134 Å². The second-order valence-electron chi connectivity index (χ2n) is 4.50. The summed E-state index contributed by atoms with van der Waals surface area (Å²) in [4.78, 5) is 11.2. The Morgan fingerprint density at radius 3 is 2.60 bits per heavy atom. The van der Waals surface area contributed by atoms with Crippen LogP contribution in [0.4, 0.5) is 0 Å². The number of esters is 1. The topological polar surface area (TPSA) is 35.5 Å². The summed E-state index contributed by atoms with van der Waals surface area (Å²) in [6, 6.07) is 8.02. The normalized spacial score (nSPS) is 11.2. The molecule has 0 unspecified atom stereocenters. The first-order chi connectivity index (χ1) is 9.61. The molecule has 3 nitrogen and oxygen atoms in total. The fourth-order valence-corrected chi connectivity index (χ4v) is 2.04. The van der Waals surface area contributed by atoms with Gasteiger partial charge in [0, 0.05) is 9.65 Å². The molecular formula is C16H21IO3. The van der Waals surface area contributed by atoms with E-state index in [1.165, 1.54) is 3.57 Å². The van der Waals surface area contributed by atoms with Gasteiger partial charge < -0.3 is 9.47 Å². The number of hydrogen-bond acceptors (Lipinski definition) is 3. The zero-order chi connectivity index (χ0) is 14.8. The SMILES string of the molecule is CCOC(=O)/C=C(\C)CCCCOc1ccc(I)cc1. The molecule has 0 heterocycles. The molecule has 0 aliphatic rings. The summed E-state index contributed by atoms with van der Waals surface area (Å²) in [6.45, 7) is 4.89. The average molecular weight is 388 g/mol. The first-order valence-corrected chi connectivity index (χ1v) is 7.92. The highest BCUT2D eigenvalue weighted by Crippen LogP contribution is 2.14. The molecule has 0 spiro atoms. The molecule has 0 saturated carbocycles. The highest BCUT2D eigenvalue weighted by molar-refractivity contribution is 14.1. The Morgan fingerprint density at radius 1 is 1.25 bits per heavy atom. The molecule has 0 saturated heterocycles. The van der Waals surface area contributed by atoms with Crippen molar-refractivity contribution in [2.75, 3.05) is 13.2 Å². The number of hydrogen-bond donors (Lipinski definition) is 0. The minimum atomic E-state index is -0.250. The summed E-state index contributed by atoms with van der Waals surface area (Å²) in [5.74, 6) is 0.657. The molecule has 0 N–H and O–H groups in total. The summed E-state index contributed by atoms with van der Waals surface area (Å²) >= 11 is 2.27. The van der Waals surface area contributed by atoms with E-state index in [4.69, 9.17) is 9.47 Å². The molecule has 4 heteroatoms. The number of ether oxygens (including phenoxy) is 2. The lowest BCUT2D eigenvalue weighted by Crippen LogP contribution is -2.01. The Morgan fingerprint density at radius 2 is 1.95 bits per heavy atom. The summed E-state index contributed by atoms with van der Waals surface area (Å²) < 4.78 is 11.7. The number of rotatable bonds is 8. The van der Waals surface area contributed by atoms with Gasteiger partial charge in [0.15, 0.2) is 0 Å². The van der Waals surface area contributed by atoms with Crippen molar-refractivity contribution in [1.82, 2.24) is 0 Å². The van der Waals surface area contributed by atoms with E-state index in [-0.39, 0.29) is 5.97 Å². The number of allylic oxidation sites excluding steroid dienone is 1. The van der Waals surface area contributed by atoms with E-state index >= 15 is 0 Å². The number of carbonyl (C=O) groups is 1. The Hall–Kier alpha value is -1.04. The molecule has 1 aromatic rings. The van der Waals surface area contributed by atoms with Crippen LogP contribution in [0.3, 0.4) is 0 Å². The highest BCUT2D eigenvalue weighted by atomic mass is 127. The van der Waals surface area contributed by atoms with Gasteiger partial charge in [-0.3, -0.25) is 0 Å². The van der Waals surface area contributed by atoms with Gasteiger partial charge in [0.1, 0.15) is 5.75 Å². The van der Waals surface area contributed by atoms with Crippen LogP contribution < -0.4 is 4.74 Å². The summed E-state index contributed by atoms with van der Waals surface area (Å²) in [5.41, 5.74) is 1.05. The maximum absolute atomic E-state index is 11.2. The van der Waals surface area contributed by atoms with Crippen LogP contribution in [-0.4, -0.2) is 19.2 Å². The minimum Gasteiger partial charge on any atom is -0.494 e. The van der Waals surface area contributed by atoms with E-state index in [1.54, 1.807) is 6.08 Å². The number of benzene rings is 1. The van der Waals surface area contributed by atoms with Crippen LogP contribution in [-0.2, 0) is 9.53 Å². The number of unbranched alkanes of at least 4 members (excludes halogenated alkanes) is 1. The summed E-state index contributed by atoms with van der Waals surface area (Å²) in [7, 11) is 0. The molecule has 1 rings (SSSR count). The van der Waals surface area contributed by atoms with Crippen LogP contribution in [0.1, 0.15) is 33.1 Å². The second-order valence-corrected chi connectivity index (χ2v) is 5.75. The van der Waals surface area contributed by atoms with Crippen molar-refractivity contribution < 1.29 is 14.3 Å². The van der Waals surface area contributed by atoms with Crippen LogP contribution in [0.5, 0.6) is 5.75 Å². The standard InChI is InChI=1S/C16H21IO3/c1-3-19-16(18)12-13(2)6-4-5-11-20-15-9-7-14(17)8-10-15/h7-10,12H,3-6,11H2,1-2H3/b13-12+. The molecule has 0 aromatic heterocycles. The first kappa shape index (κ1) is 17.0. The number of carbonyl (C=O) groups excluding carboxylic acids is 1. The molecule has 0 amide bonds. The van der Waals surface area contributed by atoms with E-state index in [9.17, 15) is 4.79 Å². The van der Waals surface area contributed by atoms with E-state index in [0.717, 1.165) is 30.6 Å². The molecule has 1 aromatic carbocycles. The third-order valence-corrected chi connectivity index (χ3v) is 3.42. The molecule has 110 valence electrons. The summed E-state index contributed by atoms with van der Waals surface area (Å²) in [6.07, 6.45) is 4.45. The quantitative estimate of drug-likeness (QED) is 0.288. The molecular weight excluding hydrogens is 367 g/mol. The highest BCUT2D eigenvalue weighted by Gasteiger charge is 1.99.